The molecule has 2 rings (SSSR count). The van der Waals surface area contributed by atoms with Crippen molar-refractivity contribution < 1.29 is 14.2 Å². The van der Waals surface area contributed by atoms with Crippen LogP contribution < -0.4 is 19.5 Å². The van der Waals surface area contributed by atoms with E-state index in [1.807, 2.05) is 29.9 Å². The molecule has 0 bridgehead atoms. The minimum Gasteiger partial charge on any atom is -0.493 e. The van der Waals surface area contributed by atoms with Crippen LogP contribution in [0.2, 0.25) is 0 Å². The van der Waals surface area contributed by atoms with Crippen LogP contribution in [0.15, 0.2) is 18.3 Å². The van der Waals surface area contributed by atoms with Crippen molar-refractivity contribution in [3.05, 3.63) is 29.6 Å². The van der Waals surface area contributed by atoms with Gasteiger partial charge in [-0.1, -0.05) is 0 Å². The van der Waals surface area contributed by atoms with Crippen LogP contribution in [0.25, 0.3) is 0 Å². The number of nitrogens with one attached hydrogen (secondary N) is 1. The van der Waals surface area contributed by atoms with Gasteiger partial charge in [0, 0.05) is 19.3 Å². The van der Waals surface area contributed by atoms with E-state index in [0.717, 1.165) is 23.5 Å². The third-order valence-electron chi connectivity index (χ3n) is 3.48. The molecule has 1 aromatic heterocycles. The van der Waals surface area contributed by atoms with Gasteiger partial charge in [0.1, 0.15) is 0 Å². The number of anilines is 1. The molecular weight excluding hydrogens is 282 g/mol. The van der Waals surface area contributed by atoms with Crippen molar-refractivity contribution in [2.24, 2.45) is 0 Å². The molecule has 120 valence electrons. The lowest BCUT2D eigenvalue weighted by atomic mass is 10.1. The van der Waals surface area contributed by atoms with Crippen LogP contribution in [0.5, 0.6) is 17.2 Å². The summed E-state index contributed by atoms with van der Waals surface area (Å²) >= 11 is 0. The summed E-state index contributed by atoms with van der Waals surface area (Å²) < 4.78 is 18.0. The topological polar surface area (TPSA) is 57.5 Å². The summed E-state index contributed by atoms with van der Waals surface area (Å²) in [4.78, 5) is 0. The van der Waals surface area contributed by atoms with Crippen molar-refractivity contribution >= 4 is 5.69 Å². The molecule has 0 saturated heterocycles. The van der Waals surface area contributed by atoms with Gasteiger partial charge >= 0.3 is 0 Å². The lowest BCUT2D eigenvalue weighted by Gasteiger charge is -2.14. The maximum absolute atomic E-state index is 5.37. The molecule has 0 aliphatic carbocycles. The number of benzene rings is 1. The van der Waals surface area contributed by atoms with Gasteiger partial charge in [0.25, 0.3) is 0 Å². The highest BCUT2D eigenvalue weighted by molar-refractivity contribution is 5.55. The molecule has 0 spiro atoms. The number of aromatic nitrogens is 2. The summed E-state index contributed by atoms with van der Waals surface area (Å²) in [5.74, 6) is 1.91. The number of rotatable bonds is 7. The average molecular weight is 305 g/mol. The Kier molecular flexibility index (Phi) is 5.14. The van der Waals surface area contributed by atoms with E-state index in [9.17, 15) is 0 Å². The van der Waals surface area contributed by atoms with Gasteiger partial charge in [0.05, 0.1) is 32.7 Å². The summed E-state index contributed by atoms with van der Waals surface area (Å²) in [6.07, 6.45) is 2.01. The third kappa shape index (κ3) is 3.27. The van der Waals surface area contributed by atoms with E-state index in [1.54, 1.807) is 21.3 Å². The molecule has 0 radical (unpaired) electrons. The van der Waals surface area contributed by atoms with Crippen LogP contribution in [0.1, 0.15) is 18.2 Å². The van der Waals surface area contributed by atoms with E-state index in [4.69, 9.17) is 14.2 Å². The minimum absolute atomic E-state index is 0.601. The Labute approximate surface area is 131 Å². The monoisotopic (exact) mass is 305 g/mol. The van der Waals surface area contributed by atoms with Crippen molar-refractivity contribution in [1.29, 1.82) is 0 Å². The van der Waals surface area contributed by atoms with Crippen molar-refractivity contribution in [2.45, 2.75) is 26.9 Å². The van der Waals surface area contributed by atoms with Gasteiger partial charge in [0.15, 0.2) is 11.5 Å². The quantitative estimate of drug-likeness (QED) is 0.852. The molecule has 0 atom stereocenters. The minimum atomic E-state index is 0.601. The van der Waals surface area contributed by atoms with Gasteiger partial charge in [-0.2, -0.15) is 5.10 Å². The maximum atomic E-state index is 5.37. The van der Waals surface area contributed by atoms with Crippen LogP contribution in [0, 0.1) is 6.92 Å². The zero-order valence-corrected chi connectivity index (χ0v) is 13.8. The number of aryl methyl sites for hydroxylation is 2. The van der Waals surface area contributed by atoms with E-state index in [-0.39, 0.29) is 0 Å². The fraction of sp³-hybridized carbons (Fsp3) is 0.438. The fourth-order valence-electron chi connectivity index (χ4n) is 2.29. The number of hydrogen-bond acceptors (Lipinski definition) is 5. The van der Waals surface area contributed by atoms with E-state index < -0.39 is 0 Å². The number of methoxy groups -OCH3 is 3. The second-order valence-corrected chi connectivity index (χ2v) is 4.87. The van der Waals surface area contributed by atoms with Crippen molar-refractivity contribution in [3.63, 3.8) is 0 Å². The Morgan fingerprint density at radius 3 is 2.18 bits per heavy atom. The van der Waals surface area contributed by atoms with E-state index >= 15 is 0 Å². The average Bonchev–Trinajstić information content (AvgIpc) is 2.91. The smallest absolute Gasteiger partial charge is 0.203 e. The van der Waals surface area contributed by atoms with Gasteiger partial charge < -0.3 is 19.5 Å². The summed E-state index contributed by atoms with van der Waals surface area (Å²) in [6.45, 7) is 5.55. The molecule has 0 aliphatic heterocycles. The summed E-state index contributed by atoms with van der Waals surface area (Å²) in [6, 6.07) is 3.88. The molecule has 6 heteroatoms. The van der Waals surface area contributed by atoms with Gasteiger partial charge in [-0.25, -0.2) is 0 Å². The van der Waals surface area contributed by atoms with Gasteiger partial charge in [0.2, 0.25) is 5.75 Å². The molecule has 1 N–H and O–H groups in total. The molecule has 22 heavy (non-hydrogen) atoms. The molecule has 2 aromatic rings. The first kappa shape index (κ1) is 16.0. The zero-order chi connectivity index (χ0) is 16.1. The predicted molar refractivity (Wildman–Crippen MR) is 86.1 cm³/mol. The maximum Gasteiger partial charge on any atom is 0.203 e. The summed E-state index contributed by atoms with van der Waals surface area (Å²) in [7, 11) is 4.83. The normalized spacial score (nSPS) is 10.4. The predicted octanol–water partition coefficient (Wildman–Crippen LogP) is 2.85. The summed E-state index contributed by atoms with van der Waals surface area (Å²) in [5.41, 5.74) is 3.04. The molecule has 0 unspecified atom stereocenters. The lowest BCUT2D eigenvalue weighted by Crippen LogP contribution is -2.02. The Hall–Kier alpha value is -2.37. The molecule has 0 fully saturated rings. The highest BCUT2D eigenvalue weighted by Gasteiger charge is 2.13. The Bertz CT molecular complexity index is 613. The molecule has 0 amide bonds. The van der Waals surface area contributed by atoms with Crippen molar-refractivity contribution in [3.8, 4) is 17.2 Å². The first-order valence-electron chi connectivity index (χ1n) is 7.19. The standard InChI is InChI=1S/C16H23N3O3/c1-6-19-10-13(11(2)18-19)17-9-12-7-14(20-3)16(22-5)15(8-12)21-4/h7-8,10,17H,6,9H2,1-5H3. The Balaban J connectivity index is 2.20. The van der Waals surface area contributed by atoms with Crippen molar-refractivity contribution in [1.82, 2.24) is 9.78 Å². The number of ether oxygens (including phenoxy) is 3. The highest BCUT2D eigenvalue weighted by atomic mass is 16.5. The Morgan fingerprint density at radius 1 is 1.09 bits per heavy atom. The molecular formula is C16H23N3O3. The first-order valence-corrected chi connectivity index (χ1v) is 7.19. The van der Waals surface area contributed by atoms with Crippen LogP contribution in [-0.4, -0.2) is 31.1 Å². The fourth-order valence-corrected chi connectivity index (χ4v) is 2.29. The Morgan fingerprint density at radius 2 is 1.73 bits per heavy atom. The first-order chi connectivity index (χ1) is 10.6. The largest absolute Gasteiger partial charge is 0.493 e. The van der Waals surface area contributed by atoms with Crippen LogP contribution in [-0.2, 0) is 13.1 Å². The lowest BCUT2D eigenvalue weighted by molar-refractivity contribution is 0.324. The van der Waals surface area contributed by atoms with Crippen LogP contribution in [0.4, 0.5) is 5.69 Å². The van der Waals surface area contributed by atoms with Crippen molar-refractivity contribution in [2.75, 3.05) is 26.6 Å². The second kappa shape index (κ2) is 7.06. The highest BCUT2D eigenvalue weighted by Crippen LogP contribution is 2.38. The molecule has 1 heterocycles. The SMILES string of the molecule is CCn1cc(NCc2cc(OC)c(OC)c(OC)c2)c(C)n1. The third-order valence-corrected chi connectivity index (χ3v) is 3.48. The van der Waals surface area contributed by atoms with E-state index in [0.29, 0.717) is 23.8 Å². The molecule has 6 nitrogen and oxygen atoms in total. The molecule has 1 aromatic carbocycles. The molecule has 0 aliphatic rings. The van der Waals surface area contributed by atoms with E-state index in [2.05, 4.69) is 17.3 Å². The van der Waals surface area contributed by atoms with Gasteiger partial charge in [-0.05, 0) is 31.5 Å². The van der Waals surface area contributed by atoms with Gasteiger partial charge in [-0.3, -0.25) is 4.68 Å². The zero-order valence-electron chi connectivity index (χ0n) is 13.8. The van der Waals surface area contributed by atoms with E-state index in [1.165, 1.54) is 0 Å². The van der Waals surface area contributed by atoms with Crippen LogP contribution >= 0.6 is 0 Å². The number of hydrogen-bond donors (Lipinski definition) is 1. The summed E-state index contributed by atoms with van der Waals surface area (Å²) in [5, 5.41) is 7.81. The molecule has 0 saturated carbocycles. The van der Waals surface area contributed by atoms with Gasteiger partial charge in [-0.15, -0.1) is 0 Å². The number of nitrogens with zero attached hydrogens (tertiary/aromatic N) is 2. The van der Waals surface area contributed by atoms with Crippen LogP contribution in [0.3, 0.4) is 0 Å². The second-order valence-electron chi connectivity index (χ2n) is 4.87.